The molecule has 0 aromatic heterocycles. The number of nitrogens with zero attached hydrogens (tertiary/aromatic N) is 1. The van der Waals surface area contributed by atoms with E-state index in [2.05, 4.69) is 10.6 Å². The molecular weight excluding hydrogens is 425 g/mol. The molecule has 5 atom stereocenters. The average Bonchev–Trinajstić information content (AvgIpc) is 3.55. The predicted octanol–water partition coefficient (Wildman–Crippen LogP) is 1.97. The highest BCUT2D eigenvalue weighted by atomic mass is 19.1. The van der Waals surface area contributed by atoms with Gasteiger partial charge in [0.1, 0.15) is 11.4 Å². The number of carbonyl (C=O) groups is 3. The van der Waals surface area contributed by atoms with Gasteiger partial charge in [0.15, 0.2) is 0 Å². The molecule has 2 N–H and O–H groups in total. The minimum Gasteiger partial charge on any atom is -0.376 e. The summed E-state index contributed by atoms with van der Waals surface area (Å²) in [6.07, 6.45) is 1.97. The number of halogens is 1. The normalized spacial score (nSPS) is 32.5. The predicted molar refractivity (Wildman–Crippen MR) is 116 cm³/mol. The summed E-state index contributed by atoms with van der Waals surface area (Å²) in [5.74, 6) is -3.27. The van der Waals surface area contributed by atoms with E-state index in [4.69, 9.17) is 4.74 Å². The molecule has 4 heterocycles. The summed E-state index contributed by atoms with van der Waals surface area (Å²) in [4.78, 5) is 42.0. The summed E-state index contributed by atoms with van der Waals surface area (Å²) in [6.45, 7) is 0.807. The molecular formula is C25H24FN3O4. The molecule has 0 saturated carbocycles. The second-order valence-electron chi connectivity index (χ2n) is 9.32. The van der Waals surface area contributed by atoms with Crippen molar-refractivity contribution in [3.8, 4) is 0 Å². The van der Waals surface area contributed by atoms with Crippen LogP contribution in [0.1, 0.15) is 24.0 Å². The van der Waals surface area contributed by atoms with E-state index in [0.717, 1.165) is 18.4 Å². The molecule has 1 spiro atoms. The number of hydrogen-bond acceptors (Lipinski definition) is 5. The van der Waals surface area contributed by atoms with Crippen LogP contribution in [0.25, 0.3) is 0 Å². The van der Waals surface area contributed by atoms with Crippen molar-refractivity contribution >= 4 is 23.4 Å². The minimum atomic E-state index is -1.49. The first kappa shape index (κ1) is 20.5. The zero-order valence-corrected chi connectivity index (χ0v) is 17.9. The highest BCUT2D eigenvalue weighted by Gasteiger charge is 2.70. The van der Waals surface area contributed by atoms with Crippen molar-refractivity contribution in [3.05, 3.63) is 65.5 Å². The van der Waals surface area contributed by atoms with Crippen LogP contribution >= 0.6 is 0 Å². The molecule has 7 nitrogen and oxygen atoms in total. The number of likely N-dealkylation sites (tertiary alicyclic amines) is 1. The third kappa shape index (κ3) is 2.97. The summed E-state index contributed by atoms with van der Waals surface area (Å²) < 4.78 is 20.0. The molecule has 3 saturated heterocycles. The summed E-state index contributed by atoms with van der Waals surface area (Å²) in [6, 6.07) is 13.3. The van der Waals surface area contributed by atoms with Crippen LogP contribution < -0.4 is 10.6 Å². The van der Waals surface area contributed by atoms with Gasteiger partial charge in [0.2, 0.25) is 17.7 Å². The summed E-state index contributed by atoms with van der Waals surface area (Å²) in [7, 11) is 0. The van der Waals surface area contributed by atoms with Gasteiger partial charge >= 0.3 is 0 Å². The standard InChI is InChI=1S/C25H24FN3O4/c26-15-8-9-18-17(12-15)25(24(32)27-18)21-20(19(28-25)11-14-5-2-1-3-6-14)22(30)29(23(21)31)13-16-7-4-10-33-16/h1-3,5-6,8-9,12,16,19-21,28H,4,7,10-11,13H2,(H,27,32)/t16-,19+,20+,21-,25-/m1/s1. The lowest BCUT2D eigenvalue weighted by molar-refractivity contribution is -0.144. The Hall–Kier alpha value is -3.10. The van der Waals surface area contributed by atoms with Gasteiger partial charge in [0, 0.05) is 23.9 Å². The monoisotopic (exact) mass is 449 g/mol. The smallest absolute Gasteiger partial charge is 0.250 e. The molecule has 0 unspecified atom stereocenters. The second kappa shape index (κ2) is 7.46. The van der Waals surface area contributed by atoms with Crippen LogP contribution in [0.3, 0.4) is 0 Å². The molecule has 4 aliphatic heterocycles. The number of rotatable bonds is 4. The van der Waals surface area contributed by atoms with Gasteiger partial charge in [-0.3, -0.25) is 24.6 Å². The number of anilines is 1. The number of hydrogen-bond donors (Lipinski definition) is 2. The molecule has 2 aromatic rings. The fraction of sp³-hybridized carbons (Fsp3) is 0.400. The maximum absolute atomic E-state index is 14.3. The van der Waals surface area contributed by atoms with Crippen molar-refractivity contribution < 1.29 is 23.5 Å². The Morgan fingerprint density at radius 1 is 1.09 bits per heavy atom. The zero-order valence-electron chi connectivity index (χ0n) is 17.9. The average molecular weight is 449 g/mol. The molecule has 3 amide bonds. The van der Waals surface area contributed by atoms with Crippen LogP contribution in [0.4, 0.5) is 10.1 Å². The Morgan fingerprint density at radius 3 is 2.67 bits per heavy atom. The van der Waals surface area contributed by atoms with Gasteiger partial charge in [-0.05, 0) is 43.0 Å². The van der Waals surface area contributed by atoms with E-state index >= 15 is 0 Å². The van der Waals surface area contributed by atoms with Gasteiger partial charge in [-0.15, -0.1) is 0 Å². The lowest BCUT2D eigenvalue weighted by Gasteiger charge is -2.30. The van der Waals surface area contributed by atoms with Crippen LogP contribution in [-0.4, -0.2) is 47.9 Å². The molecule has 2 aromatic carbocycles. The fourth-order valence-electron chi connectivity index (χ4n) is 6.05. The quantitative estimate of drug-likeness (QED) is 0.697. The largest absolute Gasteiger partial charge is 0.376 e. The first-order chi connectivity index (χ1) is 16.0. The van der Waals surface area contributed by atoms with Gasteiger partial charge in [0.05, 0.1) is 24.5 Å². The Morgan fingerprint density at radius 2 is 1.91 bits per heavy atom. The molecule has 0 aliphatic carbocycles. The number of carbonyl (C=O) groups excluding carboxylic acids is 3. The van der Waals surface area contributed by atoms with Crippen molar-refractivity contribution in [3.63, 3.8) is 0 Å². The first-order valence-corrected chi connectivity index (χ1v) is 11.4. The molecule has 4 aliphatic rings. The van der Waals surface area contributed by atoms with E-state index in [9.17, 15) is 18.8 Å². The Balaban J connectivity index is 1.44. The Bertz CT molecular complexity index is 1150. The van der Waals surface area contributed by atoms with Crippen LogP contribution in [-0.2, 0) is 31.1 Å². The van der Waals surface area contributed by atoms with E-state index in [0.29, 0.717) is 24.3 Å². The maximum Gasteiger partial charge on any atom is 0.250 e. The number of ether oxygens (including phenoxy) is 1. The lowest BCUT2D eigenvalue weighted by Crippen LogP contribution is -2.54. The highest BCUT2D eigenvalue weighted by molar-refractivity contribution is 6.15. The van der Waals surface area contributed by atoms with Crippen molar-refractivity contribution in [2.75, 3.05) is 18.5 Å². The summed E-state index contributed by atoms with van der Waals surface area (Å²) >= 11 is 0. The van der Waals surface area contributed by atoms with Crippen molar-refractivity contribution in [2.24, 2.45) is 11.8 Å². The molecule has 0 radical (unpaired) electrons. The van der Waals surface area contributed by atoms with Gasteiger partial charge in [-0.25, -0.2) is 4.39 Å². The fourth-order valence-corrected chi connectivity index (χ4v) is 6.05. The Labute approximate surface area is 190 Å². The molecule has 3 fully saturated rings. The van der Waals surface area contributed by atoms with Gasteiger partial charge < -0.3 is 10.1 Å². The third-order valence-corrected chi connectivity index (χ3v) is 7.48. The van der Waals surface area contributed by atoms with E-state index < -0.39 is 41.0 Å². The topological polar surface area (TPSA) is 87.7 Å². The van der Waals surface area contributed by atoms with E-state index in [-0.39, 0.29) is 18.6 Å². The first-order valence-electron chi connectivity index (χ1n) is 11.4. The second-order valence-corrected chi connectivity index (χ2v) is 9.32. The number of imide groups is 1. The number of fused-ring (bicyclic) bond motifs is 4. The molecule has 0 bridgehead atoms. The molecule has 8 heteroatoms. The number of benzene rings is 2. The van der Waals surface area contributed by atoms with E-state index in [1.807, 2.05) is 30.3 Å². The van der Waals surface area contributed by atoms with Crippen LogP contribution in [0, 0.1) is 17.7 Å². The maximum atomic E-state index is 14.3. The SMILES string of the molecule is O=C1[C@H]2[C@H](Cc3ccccc3)N[C@@]3(C(=O)Nc4ccc(F)cc43)[C@H]2C(=O)N1C[C@H]1CCCO1. The summed E-state index contributed by atoms with van der Waals surface area (Å²) in [5.41, 5.74) is 0.352. The molecule has 170 valence electrons. The number of amides is 3. The van der Waals surface area contributed by atoms with Crippen LogP contribution in [0.15, 0.2) is 48.5 Å². The van der Waals surface area contributed by atoms with Gasteiger partial charge in [0.25, 0.3) is 0 Å². The number of nitrogens with one attached hydrogen (secondary N) is 2. The minimum absolute atomic E-state index is 0.185. The zero-order chi connectivity index (χ0) is 22.7. The van der Waals surface area contributed by atoms with Crippen molar-refractivity contribution in [1.82, 2.24) is 10.2 Å². The van der Waals surface area contributed by atoms with Gasteiger partial charge in [-0.2, -0.15) is 0 Å². The third-order valence-electron chi connectivity index (χ3n) is 7.48. The molecule has 33 heavy (non-hydrogen) atoms. The summed E-state index contributed by atoms with van der Waals surface area (Å²) in [5, 5.41) is 6.15. The van der Waals surface area contributed by atoms with E-state index in [1.165, 1.54) is 23.1 Å². The van der Waals surface area contributed by atoms with Crippen LogP contribution in [0.2, 0.25) is 0 Å². The van der Waals surface area contributed by atoms with Crippen LogP contribution in [0.5, 0.6) is 0 Å². The van der Waals surface area contributed by atoms with Crippen molar-refractivity contribution in [1.29, 1.82) is 0 Å². The lowest BCUT2D eigenvalue weighted by atomic mass is 9.76. The van der Waals surface area contributed by atoms with Crippen molar-refractivity contribution in [2.45, 2.75) is 36.9 Å². The highest BCUT2D eigenvalue weighted by Crippen LogP contribution is 2.53. The molecule has 6 rings (SSSR count). The Kier molecular flexibility index (Phi) is 4.64. The van der Waals surface area contributed by atoms with Gasteiger partial charge in [-0.1, -0.05) is 30.3 Å². The van der Waals surface area contributed by atoms with E-state index in [1.54, 1.807) is 0 Å².